The summed E-state index contributed by atoms with van der Waals surface area (Å²) in [6.45, 7) is 0.743. The number of carbonyl (C=O) groups excluding carboxylic acids is 1. The largest absolute Gasteiger partial charge is 0.494 e. The molecule has 3 heteroatoms. The van der Waals surface area contributed by atoms with Gasteiger partial charge >= 0.3 is 0 Å². The number of hydrogen-bond donors (Lipinski definition) is 1. The van der Waals surface area contributed by atoms with Crippen molar-refractivity contribution in [2.24, 2.45) is 0 Å². The topological polar surface area (TPSA) is 26.3 Å². The number of rotatable bonds is 8. The zero-order valence-corrected chi connectivity index (χ0v) is 10.3. The van der Waals surface area contributed by atoms with Crippen molar-refractivity contribution in [1.82, 2.24) is 0 Å². The Morgan fingerprint density at radius 2 is 1.75 bits per heavy atom. The minimum Gasteiger partial charge on any atom is -0.494 e. The van der Waals surface area contributed by atoms with Crippen LogP contribution < -0.4 is 4.74 Å². The van der Waals surface area contributed by atoms with Crippen molar-refractivity contribution in [3.8, 4) is 5.75 Å². The summed E-state index contributed by atoms with van der Waals surface area (Å²) in [7, 11) is 0. The number of benzene rings is 1. The molecule has 0 fully saturated rings. The lowest BCUT2D eigenvalue weighted by atomic mass is 10.2. The molecule has 0 N–H and O–H groups in total. The van der Waals surface area contributed by atoms with E-state index in [2.05, 4.69) is 12.6 Å². The Hall–Kier alpha value is -0.960. The second kappa shape index (κ2) is 8.22. The Labute approximate surface area is 102 Å². The van der Waals surface area contributed by atoms with E-state index in [-0.39, 0.29) is 0 Å². The summed E-state index contributed by atoms with van der Waals surface area (Å²) in [5.74, 6) is 1.80. The Balaban J connectivity index is 2.14. The predicted octanol–water partition coefficient (Wildman–Crippen LogP) is 3.37. The molecule has 0 unspecified atom stereocenters. The van der Waals surface area contributed by atoms with Gasteiger partial charge in [0.15, 0.2) is 0 Å². The summed E-state index contributed by atoms with van der Waals surface area (Å²) in [5.41, 5.74) is 0.682. The van der Waals surface area contributed by atoms with Gasteiger partial charge in [0.05, 0.1) is 6.61 Å². The van der Waals surface area contributed by atoms with E-state index in [4.69, 9.17) is 4.74 Å². The smallest absolute Gasteiger partial charge is 0.150 e. The van der Waals surface area contributed by atoms with Crippen molar-refractivity contribution in [3.05, 3.63) is 29.8 Å². The van der Waals surface area contributed by atoms with E-state index in [9.17, 15) is 4.79 Å². The number of unbranched alkanes of at least 4 members (excludes halogenated alkanes) is 3. The zero-order valence-electron chi connectivity index (χ0n) is 9.39. The average Bonchev–Trinajstić information content (AvgIpc) is 2.34. The molecular weight excluding hydrogens is 220 g/mol. The molecule has 0 aromatic heterocycles. The summed E-state index contributed by atoms with van der Waals surface area (Å²) in [4.78, 5) is 10.4. The van der Waals surface area contributed by atoms with Crippen molar-refractivity contribution < 1.29 is 9.53 Å². The lowest BCUT2D eigenvalue weighted by molar-refractivity contribution is 0.112. The summed E-state index contributed by atoms with van der Waals surface area (Å²) in [5, 5.41) is 0. The molecule has 0 amide bonds. The first-order valence-corrected chi connectivity index (χ1v) is 6.29. The van der Waals surface area contributed by atoms with Crippen LogP contribution in [-0.2, 0) is 0 Å². The second-order valence-corrected chi connectivity index (χ2v) is 4.12. The fourth-order valence-electron chi connectivity index (χ4n) is 1.40. The number of thiol groups is 1. The number of hydrogen-bond acceptors (Lipinski definition) is 3. The van der Waals surface area contributed by atoms with E-state index in [1.54, 1.807) is 12.1 Å². The second-order valence-electron chi connectivity index (χ2n) is 3.67. The van der Waals surface area contributed by atoms with E-state index >= 15 is 0 Å². The van der Waals surface area contributed by atoms with Gasteiger partial charge in [0.2, 0.25) is 0 Å². The van der Waals surface area contributed by atoms with Crippen LogP contribution in [-0.4, -0.2) is 18.6 Å². The zero-order chi connectivity index (χ0) is 11.6. The molecule has 16 heavy (non-hydrogen) atoms. The minimum atomic E-state index is 0.682. The molecule has 0 aliphatic carbocycles. The van der Waals surface area contributed by atoms with Crippen LogP contribution in [0.5, 0.6) is 5.75 Å². The maximum absolute atomic E-state index is 10.4. The van der Waals surface area contributed by atoms with Gasteiger partial charge in [-0.2, -0.15) is 12.6 Å². The molecule has 0 atom stereocenters. The molecule has 88 valence electrons. The van der Waals surface area contributed by atoms with Crippen LogP contribution in [0.25, 0.3) is 0 Å². The number of ether oxygens (including phenoxy) is 1. The van der Waals surface area contributed by atoms with Crippen LogP contribution in [0.2, 0.25) is 0 Å². The molecule has 1 aromatic rings. The molecular formula is C13H18O2S. The first-order chi connectivity index (χ1) is 7.86. The van der Waals surface area contributed by atoms with Gasteiger partial charge in [-0.1, -0.05) is 12.8 Å². The third-order valence-electron chi connectivity index (χ3n) is 2.34. The third kappa shape index (κ3) is 5.21. The van der Waals surface area contributed by atoms with Crippen LogP contribution in [0.15, 0.2) is 24.3 Å². The van der Waals surface area contributed by atoms with E-state index in [1.165, 1.54) is 19.3 Å². The summed E-state index contributed by atoms with van der Waals surface area (Å²) >= 11 is 4.16. The van der Waals surface area contributed by atoms with Crippen molar-refractivity contribution in [1.29, 1.82) is 0 Å². The lowest BCUT2D eigenvalue weighted by Crippen LogP contribution is -1.97. The van der Waals surface area contributed by atoms with Crippen molar-refractivity contribution in [2.45, 2.75) is 25.7 Å². The van der Waals surface area contributed by atoms with Gasteiger partial charge < -0.3 is 4.74 Å². The first kappa shape index (κ1) is 13.1. The Morgan fingerprint density at radius 1 is 1.06 bits per heavy atom. The molecule has 0 heterocycles. The summed E-state index contributed by atoms with van der Waals surface area (Å²) in [6.07, 6.45) is 5.49. The van der Waals surface area contributed by atoms with Crippen molar-refractivity contribution >= 4 is 18.9 Å². The summed E-state index contributed by atoms with van der Waals surface area (Å²) < 4.78 is 5.55. The van der Waals surface area contributed by atoms with Crippen LogP contribution in [0, 0.1) is 0 Å². The van der Waals surface area contributed by atoms with Gasteiger partial charge in [0, 0.05) is 5.56 Å². The molecule has 0 radical (unpaired) electrons. The quantitative estimate of drug-likeness (QED) is 0.427. The molecule has 0 aliphatic rings. The van der Waals surface area contributed by atoms with Gasteiger partial charge in [-0.3, -0.25) is 4.79 Å². The van der Waals surface area contributed by atoms with Gasteiger partial charge in [0.25, 0.3) is 0 Å². The van der Waals surface area contributed by atoms with Crippen LogP contribution in [0.3, 0.4) is 0 Å². The highest BCUT2D eigenvalue weighted by molar-refractivity contribution is 7.80. The molecule has 0 aliphatic heterocycles. The van der Waals surface area contributed by atoms with E-state index in [0.717, 1.165) is 30.8 Å². The molecule has 1 aromatic carbocycles. The first-order valence-electron chi connectivity index (χ1n) is 5.65. The summed E-state index contributed by atoms with van der Waals surface area (Å²) in [6, 6.07) is 7.20. The monoisotopic (exact) mass is 238 g/mol. The van der Waals surface area contributed by atoms with Gasteiger partial charge in [-0.05, 0) is 42.9 Å². The maximum Gasteiger partial charge on any atom is 0.150 e. The SMILES string of the molecule is O=Cc1ccc(OCCCCCCS)cc1. The fourth-order valence-corrected chi connectivity index (χ4v) is 1.62. The highest BCUT2D eigenvalue weighted by Crippen LogP contribution is 2.12. The Bertz CT molecular complexity index is 295. The van der Waals surface area contributed by atoms with E-state index < -0.39 is 0 Å². The number of aldehydes is 1. The normalized spacial score (nSPS) is 10.1. The Morgan fingerprint density at radius 3 is 2.38 bits per heavy atom. The molecule has 0 bridgehead atoms. The molecule has 0 spiro atoms. The highest BCUT2D eigenvalue weighted by atomic mass is 32.1. The van der Waals surface area contributed by atoms with Gasteiger partial charge in [-0.25, -0.2) is 0 Å². The van der Waals surface area contributed by atoms with Crippen LogP contribution in [0.1, 0.15) is 36.0 Å². The molecule has 1 rings (SSSR count). The van der Waals surface area contributed by atoms with E-state index in [1.807, 2.05) is 12.1 Å². The predicted molar refractivity (Wildman–Crippen MR) is 69.6 cm³/mol. The average molecular weight is 238 g/mol. The Kier molecular flexibility index (Phi) is 6.74. The maximum atomic E-state index is 10.4. The molecule has 0 saturated heterocycles. The molecule has 0 saturated carbocycles. The molecule has 2 nitrogen and oxygen atoms in total. The van der Waals surface area contributed by atoms with E-state index in [0.29, 0.717) is 5.56 Å². The van der Waals surface area contributed by atoms with Crippen molar-refractivity contribution in [3.63, 3.8) is 0 Å². The van der Waals surface area contributed by atoms with Crippen LogP contribution in [0.4, 0.5) is 0 Å². The van der Waals surface area contributed by atoms with Gasteiger partial charge in [-0.15, -0.1) is 0 Å². The third-order valence-corrected chi connectivity index (χ3v) is 2.65. The fraction of sp³-hybridized carbons (Fsp3) is 0.462. The lowest BCUT2D eigenvalue weighted by Gasteiger charge is -2.05. The highest BCUT2D eigenvalue weighted by Gasteiger charge is 1.94. The standard InChI is InChI=1S/C13H18O2S/c14-11-12-5-7-13(8-6-12)15-9-3-1-2-4-10-16/h5-8,11,16H,1-4,9-10H2. The van der Waals surface area contributed by atoms with Gasteiger partial charge in [0.1, 0.15) is 12.0 Å². The minimum absolute atomic E-state index is 0.682. The number of carbonyl (C=O) groups is 1. The van der Waals surface area contributed by atoms with Crippen molar-refractivity contribution in [2.75, 3.05) is 12.4 Å². The van der Waals surface area contributed by atoms with Crippen LogP contribution >= 0.6 is 12.6 Å².